The van der Waals surface area contributed by atoms with Crippen molar-refractivity contribution >= 4 is 17.4 Å². The van der Waals surface area contributed by atoms with Crippen LogP contribution in [0.1, 0.15) is 66.8 Å². The number of fused-ring (bicyclic) bond motifs is 5. The highest BCUT2D eigenvalue weighted by molar-refractivity contribution is 6.01. The molecule has 1 aromatic rings. The lowest BCUT2D eigenvalue weighted by atomic mass is 9.48. The Morgan fingerprint density at radius 1 is 1.22 bits per heavy atom. The minimum atomic E-state index is -2.09. The van der Waals surface area contributed by atoms with Gasteiger partial charge in [-0.15, -0.1) is 0 Å². The summed E-state index contributed by atoms with van der Waals surface area (Å²) in [4.78, 5) is 35.4. The highest BCUT2D eigenvalue weighted by Gasteiger charge is 2.59. The summed E-state index contributed by atoms with van der Waals surface area (Å²) in [6.45, 7) is 4.04. The van der Waals surface area contributed by atoms with Gasteiger partial charge in [-0.1, -0.05) is 25.5 Å². The predicted octanol–water partition coefficient (Wildman–Crippen LogP) is 5.43. The summed E-state index contributed by atoms with van der Waals surface area (Å²) >= 11 is 0. The maximum atomic E-state index is 13.0. The Morgan fingerprint density at radius 2 is 1.97 bits per heavy atom. The second kappa shape index (κ2) is 7.39. The summed E-state index contributed by atoms with van der Waals surface area (Å²) in [5, 5.41) is 10.9. The molecular weight excluding hydrogens is 406 g/mol. The smallest absolute Gasteiger partial charge is 0.338 e. The summed E-state index contributed by atoms with van der Waals surface area (Å²) in [6.07, 6.45) is 4.21. The van der Waals surface area contributed by atoms with Gasteiger partial charge in [0.05, 0.1) is 11.9 Å². The number of ether oxygens (including phenoxy) is 1. The van der Waals surface area contributed by atoms with Crippen LogP contribution in [0.25, 0.3) is 0 Å². The minimum absolute atomic E-state index is 0.0112. The van der Waals surface area contributed by atoms with Crippen molar-refractivity contribution in [2.75, 3.05) is 0 Å². The highest BCUT2D eigenvalue weighted by Crippen LogP contribution is 2.64. The Bertz CT molecular complexity index is 1180. The number of nitrogens with zero attached hydrogens (tertiary/aromatic N) is 1. The van der Waals surface area contributed by atoms with Crippen LogP contribution in [0.2, 0.25) is 0 Å². The molecule has 6 heteroatoms. The van der Waals surface area contributed by atoms with Crippen LogP contribution < -0.4 is 0 Å². The van der Waals surface area contributed by atoms with Crippen molar-refractivity contribution in [2.45, 2.75) is 58.4 Å². The number of benzene rings is 1. The van der Waals surface area contributed by atoms with E-state index in [1.165, 1.54) is 24.3 Å². The third-order valence-electron chi connectivity index (χ3n) is 8.46. The van der Waals surface area contributed by atoms with Crippen molar-refractivity contribution in [3.8, 4) is 0 Å². The largest absolute Gasteiger partial charge is 0.458 e. The first-order chi connectivity index (χ1) is 16.3. The molecule has 0 radical (unpaired) electrons. The van der Waals surface area contributed by atoms with E-state index >= 15 is 0 Å². The number of carbonyl (C=O) groups excluding carboxylic acids is 2. The van der Waals surface area contributed by atoms with Crippen LogP contribution in [0, 0.1) is 38.7 Å². The number of carbonyl (C=O) groups is 2. The summed E-state index contributed by atoms with van der Waals surface area (Å²) in [7, 11) is 0. The molecular formula is C26H29NO5. The second-order valence-corrected chi connectivity index (χ2v) is 9.96. The van der Waals surface area contributed by atoms with Gasteiger partial charge in [0.1, 0.15) is 6.08 Å². The summed E-state index contributed by atoms with van der Waals surface area (Å²) in [6, 6.07) is 4.94. The molecule has 0 amide bonds. The van der Waals surface area contributed by atoms with E-state index in [4.69, 9.17) is 7.48 Å². The van der Waals surface area contributed by atoms with E-state index in [0.29, 0.717) is 6.42 Å². The van der Waals surface area contributed by atoms with Gasteiger partial charge in [0.25, 0.3) is 5.69 Å². The summed E-state index contributed by atoms with van der Waals surface area (Å²) in [5.41, 5.74) is -0.123. The Labute approximate surface area is 192 Å². The SMILES string of the molecule is [2H]C1([2H])C[C@H]2[C@@H]3CCC4=CC(=O)C=C[C@]4(C)[C@H]3CC[C@]2(C)[C@]1([2H])OC(=O)c1ccc([N+](=O)[O-])cc1. The molecule has 3 saturated carbocycles. The zero-order valence-corrected chi connectivity index (χ0v) is 18.3. The van der Waals surface area contributed by atoms with Gasteiger partial charge in [0.15, 0.2) is 5.78 Å². The van der Waals surface area contributed by atoms with Crippen LogP contribution in [0.4, 0.5) is 5.69 Å². The van der Waals surface area contributed by atoms with Gasteiger partial charge >= 0.3 is 5.97 Å². The number of hydrogen-bond acceptors (Lipinski definition) is 5. The topological polar surface area (TPSA) is 86.5 Å². The van der Waals surface area contributed by atoms with Gasteiger partial charge in [-0.2, -0.15) is 0 Å². The fourth-order valence-electron chi connectivity index (χ4n) is 6.60. The molecule has 0 unspecified atom stereocenters. The van der Waals surface area contributed by atoms with Gasteiger partial charge in [-0.05, 0) is 80.5 Å². The molecule has 168 valence electrons. The zero-order valence-electron chi connectivity index (χ0n) is 21.3. The highest BCUT2D eigenvalue weighted by atomic mass is 16.6. The molecule has 0 N–H and O–H groups in total. The Kier molecular flexibility index (Phi) is 4.10. The number of hydrogen-bond donors (Lipinski definition) is 0. The van der Waals surface area contributed by atoms with Gasteiger partial charge < -0.3 is 4.74 Å². The van der Waals surface area contributed by atoms with E-state index in [1.807, 2.05) is 13.0 Å². The average Bonchev–Trinajstić information content (AvgIpc) is 2.96. The molecule has 0 aliphatic heterocycles. The first-order valence-corrected chi connectivity index (χ1v) is 11.2. The van der Waals surface area contributed by atoms with E-state index in [1.54, 1.807) is 12.2 Å². The van der Waals surface area contributed by atoms with E-state index in [9.17, 15) is 21.1 Å². The van der Waals surface area contributed by atoms with Crippen molar-refractivity contribution in [1.29, 1.82) is 0 Å². The summed E-state index contributed by atoms with van der Waals surface area (Å²) in [5.74, 6) is -0.611. The fraction of sp³-hybridized carbons (Fsp3) is 0.538. The average molecular weight is 439 g/mol. The molecule has 6 atom stereocenters. The lowest BCUT2D eigenvalue weighted by Crippen LogP contribution is -2.51. The molecule has 0 bridgehead atoms. The van der Waals surface area contributed by atoms with Gasteiger partial charge in [0, 0.05) is 25.7 Å². The molecule has 0 aromatic heterocycles. The van der Waals surface area contributed by atoms with Crippen molar-refractivity contribution in [3.63, 3.8) is 0 Å². The summed E-state index contributed by atoms with van der Waals surface area (Å²) < 4.78 is 32.6. The Balaban J connectivity index is 1.45. The van der Waals surface area contributed by atoms with Crippen LogP contribution in [-0.2, 0) is 9.53 Å². The lowest BCUT2D eigenvalue weighted by molar-refractivity contribution is -0.384. The third-order valence-corrected chi connectivity index (χ3v) is 8.46. The number of allylic oxidation sites excluding steroid dienone is 4. The van der Waals surface area contributed by atoms with Crippen molar-refractivity contribution in [3.05, 3.63) is 63.7 Å². The van der Waals surface area contributed by atoms with Crippen molar-refractivity contribution in [1.82, 2.24) is 0 Å². The maximum Gasteiger partial charge on any atom is 0.338 e. The molecule has 5 rings (SSSR count). The fourth-order valence-corrected chi connectivity index (χ4v) is 6.60. The van der Waals surface area contributed by atoms with Gasteiger partial charge in [-0.25, -0.2) is 4.79 Å². The van der Waals surface area contributed by atoms with Gasteiger partial charge in [0.2, 0.25) is 0 Å². The zero-order chi connectivity index (χ0) is 25.4. The standard InChI is InChI=1S/C26H29NO5/c1-25-13-11-19(28)15-17(25)5-8-20-21-9-10-23(26(21,2)14-12-22(20)25)32-24(29)16-3-6-18(7-4-16)27(30)31/h3-4,6-7,11,13,15,20-23H,5,8-10,12,14H2,1-2H3/t20-,21-,22-,23+,25-,26-/m0/s1/i10D2,23D. The first kappa shape index (κ1) is 17.8. The Morgan fingerprint density at radius 3 is 2.69 bits per heavy atom. The van der Waals surface area contributed by atoms with Crippen LogP contribution in [0.3, 0.4) is 0 Å². The van der Waals surface area contributed by atoms with Crippen molar-refractivity contribution in [2.24, 2.45) is 28.6 Å². The van der Waals surface area contributed by atoms with Crippen LogP contribution in [-0.4, -0.2) is 22.8 Å². The molecule has 6 nitrogen and oxygen atoms in total. The minimum Gasteiger partial charge on any atom is -0.458 e. The molecule has 0 heterocycles. The number of ketones is 1. The lowest BCUT2D eigenvalue weighted by Gasteiger charge is -2.56. The van der Waals surface area contributed by atoms with Crippen molar-refractivity contribution < 1.29 is 23.4 Å². The monoisotopic (exact) mass is 438 g/mol. The molecule has 3 fully saturated rings. The quantitative estimate of drug-likeness (QED) is 0.357. The second-order valence-electron chi connectivity index (χ2n) is 9.96. The Hall–Kier alpha value is -2.76. The number of esters is 1. The molecule has 0 spiro atoms. The normalized spacial score (nSPS) is 42.9. The van der Waals surface area contributed by atoms with Crippen LogP contribution in [0.5, 0.6) is 0 Å². The number of non-ortho nitro benzene ring substituents is 1. The third kappa shape index (κ3) is 3.14. The number of nitro groups is 1. The van der Waals surface area contributed by atoms with Gasteiger partial charge in [-0.3, -0.25) is 14.9 Å². The van der Waals surface area contributed by atoms with E-state index in [0.717, 1.165) is 24.8 Å². The first-order valence-electron chi connectivity index (χ1n) is 12.7. The maximum absolute atomic E-state index is 13.0. The molecule has 4 aliphatic carbocycles. The molecule has 4 aliphatic rings. The molecule has 32 heavy (non-hydrogen) atoms. The predicted molar refractivity (Wildman–Crippen MR) is 119 cm³/mol. The molecule has 1 aromatic carbocycles. The molecule has 0 saturated heterocycles. The van der Waals surface area contributed by atoms with E-state index < -0.39 is 28.8 Å². The van der Waals surface area contributed by atoms with E-state index in [2.05, 4.69) is 6.92 Å². The van der Waals surface area contributed by atoms with Crippen LogP contribution >= 0.6 is 0 Å². The number of nitro benzene ring substituents is 1. The number of rotatable bonds is 3. The van der Waals surface area contributed by atoms with E-state index in [-0.39, 0.29) is 46.6 Å². The van der Waals surface area contributed by atoms with Crippen LogP contribution in [0.15, 0.2) is 48.1 Å².